The van der Waals surface area contributed by atoms with Gasteiger partial charge < -0.3 is 4.74 Å². The Balaban J connectivity index is 3.46. The Kier molecular flexibility index (Phi) is 6.46. The summed E-state index contributed by atoms with van der Waals surface area (Å²) in [4.78, 5) is 10.6. The molecule has 0 saturated carbocycles. The molecule has 0 bridgehead atoms. The van der Waals surface area contributed by atoms with E-state index in [1.54, 1.807) is 0 Å². The van der Waals surface area contributed by atoms with Gasteiger partial charge in [0.2, 0.25) is 0 Å². The molecular formula is C8H14Cl2O2Si. The number of halogens is 2. The molecule has 0 aliphatic rings. The van der Waals surface area contributed by atoms with Crippen LogP contribution in [-0.4, -0.2) is 19.3 Å². The molecule has 5 heteroatoms. The third-order valence-electron chi connectivity index (χ3n) is 1.62. The number of esters is 1. The summed E-state index contributed by atoms with van der Waals surface area (Å²) in [7, 11) is 0. The van der Waals surface area contributed by atoms with E-state index in [1.807, 2.05) is 6.92 Å². The molecule has 0 N–H and O–H groups in total. The Hall–Kier alpha value is 0.00688. The zero-order chi connectivity index (χ0) is 10.3. The minimum atomic E-state index is -2.03. The Morgan fingerprint density at radius 2 is 2.23 bits per heavy atom. The van der Waals surface area contributed by atoms with E-state index in [0.717, 1.165) is 24.6 Å². The van der Waals surface area contributed by atoms with Gasteiger partial charge in [0.25, 0.3) is 6.69 Å². The van der Waals surface area contributed by atoms with E-state index in [-0.39, 0.29) is 0 Å². The monoisotopic (exact) mass is 240 g/mol. The lowest BCUT2D eigenvalue weighted by Crippen LogP contribution is -2.17. The fourth-order valence-electron chi connectivity index (χ4n) is 0.739. The molecule has 0 radical (unpaired) electrons. The second-order valence-corrected chi connectivity index (χ2v) is 10.5. The van der Waals surface area contributed by atoms with Gasteiger partial charge in [-0.1, -0.05) is 13.5 Å². The van der Waals surface area contributed by atoms with Crippen LogP contribution in [0.25, 0.3) is 0 Å². The molecular weight excluding hydrogens is 227 g/mol. The first-order chi connectivity index (χ1) is 6.02. The highest BCUT2D eigenvalue weighted by molar-refractivity contribution is 7.45. The summed E-state index contributed by atoms with van der Waals surface area (Å²) >= 11 is 12.0. The van der Waals surface area contributed by atoms with Crippen LogP contribution in [0.2, 0.25) is 12.1 Å². The summed E-state index contributed by atoms with van der Waals surface area (Å²) in [6.07, 6.45) is 1.87. The summed E-state index contributed by atoms with van der Waals surface area (Å²) in [6, 6.07) is 1.59. The number of carbonyl (C=O) groups excluding carboxylic acids is 1. The van der Waals surface area contributed by atoms with Crippen molar-refractivity contribution in [1.82, 2.24) is 0 Å². The first-order valence-electron chi connectivity index (χ1n) is 4.19. The maximum absolute atomic E-state index is 10.6. The minimum absolute atomic E-state index is 0.374. The molecule has 0 saturated heterocycles. The van der Waals surface area contributed by atoms with Crippen LogP contribution in [0.4, 0.5) is 0 Å². The molecule has 2 nitrogen and oxygen atoms in total. The Bertz CT molecular complexity index is 183. The second-order valence-electron chi connectivity index (χ2n) is 2.68. The number of hydrogen-bond acceptors (Lipinski definition) is 2. The summed E-state index contributed by atoms with van der Waals surface area (Å²) in [5.74, 6) is -0.395. The number of carbonyl (C=O) groups is 1. The van der Waals surface area contributed by atoms with Gasteiger partial charge in [0.05, 0.1) is 6.61 Å². The Morgan fingerprint density at radius 3 is 2.69 bits per heavy atom. The average molecular weight is 241 g/mol. The molecule has 0 atom stereocenters. The lowest BCUT2D eigenvalue weighted by Gasteiger charge is -2.12. The molecule has 0 heterocycles. The van der Waals surface area contributed by atoms with E-state index in [4.69, 9.17) is 26.9 Å². The van der Waals surface area contributed by atoms with E-state index in [2.05, 4.69) is 6.58 Å². The van der Waals surface area contributed by atoms with Gasteiger partial charge in [-0.05, 0) is 18.5 Å². The standard InChI is InChI=1S/C8H14Cl2O2Si/c1-3-8(11)12-6-5-7-13(9,10)4-2/h3H,1,4-7H2,2H3. The quantitative estimate of drug-likeness (QED) is 0.235. The van der Waals surface area contributed by atoms with Crippen LogP contribution in [-0.2, 0) is 9.53 Å². The predicted molar refractivity (Wildman–Crippen MR) is 58.5 cm³/mol. The number of rotatable bonds is 6. The molecule has 76 valence electrons. The second kappa shape index (κ2) is 6.46. The molecule has 0 aliphatic carbocycles. The molecule has 0 aromatic carbocycles. The van der Waals surface area contributed by atoms with Gasteiger partial charge in [0, 0.05) is 6.08 Å². The molecule has 0 fully saturated rings. The van der Waals surface area contributed by atoms with Gasteiger partial charge in [0.15, 0.2) is 0 Å². The molecule has 0 spiro atoms. The van der Waals surface area contributed by atoms with Crippen molar-refractivity contribution >= 4 is 34.8 Å². The van der Waals surface area contributed by atoms with Crippen LogP contribution in [0.15, 0.2) is 12.7 Å². The molecule has 13 heavy (non-hydrogen) atoms. The fourth-order valence-corrected chi connectivity index (χ4v) is 2.56. The summed E-state index contributed by atoms with van der Waals surface area (Å²) < 4.78 is 4.78. The van der Waals surface area contributed by atoms with Gasteiger partial charge in [0.1, 0.15) is 0 Å². The van der Waals surface area contributed by atoms with Gasteiger partial charge >= 0.3 is 5.97 Å². The van der Waals surface area contributed by atoms with Crippen LogP contribution < -0.4 is 0 Å². The van der Waals surface area contributed by atoms with Crippen molar-refractivity contribution < 1.29 is 9.53 Å². The van der Waals surface area contributed by atoms with Crippen LogP contribution in [0, 0.1) is 0 Å². The SMILES string of the molecule is C=CC(=O)OCCC[Si](Cl)(Cl)CC. The maximum Gasteiger partial charge on any atom is 0.330 e. The lowest BCUT2D eigenvalue weighted by atomic mass is 10.5. The van der Waals surface area contributed by atoms with Gasteiger partial charge in [-0.2, -0.15) is 0 Å². The lowest BCUT2D eigenvalue weighted by molar-refractivity contribution is -0.137. The van der Waals surface area contributed by atoms with E-state index in [0.29, 0.717) is 6.61 Å². The summed E-state index contributed by atoms with van der Waals surface area (Å²) in [5, 5.41) is 0. The zero-order valence-electron chi connectivity index (χ0n) is 7.69. The normalized spacial score (nSPS) is 11.0. The smallest absolute Gasteiger partial charge is 0.330 e. The Labute approximate surface area is 89.3 Å². The molecule has 0 aliphatic heterocycles. The summed E-state index contributed by atoms with van der Waals surface area (Å²) in [6.45, 7) is 3.60. The van der Waals surface area contributed by atoms with Crippen molar-refractivity contribution in [2.45, 2.75) is 25.4 Å². The van der Waals surface area contributed by atoms with Crippen LogP contribution in [0.1, 0.15) is 13.3 Å². The molecule has 0 rings (SSSR count). The topological polar surface area (TPSA) is 26.3 Å². The maximum atomic E-state index is 10.6. The van der Waals surface area contributed by atoms with Crippen molar-refractivity contribution in [1.29, 1.82) is 0 Å². The van der Waals surface area contributed by atoms with Crippen molar-refractivity contribution in [3.05, 3.63) is 12.7 Å². The van der Waals surface area contributed by atoms with E-state index in [1.165, 1.54) is 0 Å². The van der Waals surface area contributed by atoms with Crippen LogP contribution in [0.5, 0.6) is 0 Å². The van der Waals surface area contributed by atoms with Crippen LogP contribution >= 0.6 is 22.2 Å². The average Bonchev–Trinajstić information content (AvgIpc) is 2.12. The molecule has 0 unspecified atom stereocenters. The first kappa shape index (κ1) is 13.0. The summed E-state index contributed by atoms with van der Waals surface area (Å²) in [5.41, 5.74) is 0. The molecule has 0 aromatic heterocycles. The van der Waals surface area contributed by atoms with Crippen molar-refractivity contribution in [2.75, 3.05) is 6.61 Å². The first-order valence-corrected chi connectivity index (χ1v) is 8.62. The van der Waals surface area contributed by atoms with Gasteiger partial charge in [-0.25, -0.2) is 4.79 Å². The number of hydrogen-bond donors (Lipinski definition) is 0. The largest absolute Gasteiger partial charge is 0.463 e. The van der Waals surface area contributed by atoms with Crippen molar-refractivity contribution in [2.24, 2.45) is 0 Å². The van der Waals surface area contributed by atoms with Crippen molar-refractivity contribution in [3.63, 3.8) is 0 Å². The minimum Gasteiger partial charge on any atom is -0.463 e. The van der Waals surface area contributed by atoms with E-state index >= 15 is 0 Å². The van der Waals surface area contributed by atoms with Crippen LogP contribution in [0.3, 0.4) is 0 Å². The van der Waals surface area contributed by atoms with Crippen molar-refractivity contribution in [3.8, 4) is 0 Å². The number of ether oxygens (including phenoxy) is 1. The Morgan fingerprint density at radius 1 is 1.62 bits per heavy atom. The molecule has 0 amide bonds. The highest BCUT2D eigenvalue weighted by atomic mass is 35.7. The van der Waals surface area contributed by atoms with Gasteiger partial charge in [-0.3, -0.25) is 0 Å². The van der Waals surface area contributed by atoms with Gasteiger partial charge in [-0.15, -0.1) is 22.2 Å². The highest BCUT2D eigenvalue weighted by Crippen LogP contribution is 2.26. The predicted octanol–water partition coefficient (Wildman–Crippen LogP) is 3.05. The highest BCUT2D eigenvalue weighted by Gasteiger charge is 2.24. The third-order valence-corrected chi connectivity index (χ3v) is 6.47. The van der Waals surface area contributed by atoms with E-state index < -0.39 is 12.7 Å². The zero-order valence-corrected chi connectivity index (χ0v) is 10.2. The molecule has 0 aromatic rings. The fraction of sp³-hybridized carbons (Fsp3) is 0.625. The van der Waals surface area contributed by atoms with E-state index in [9.17, 15) is 4.79 Å². The third kappa shape index (κ3) is 7.11.